The van der Waals surface area contributed by atoms with Crippen LogP contribution in [0.5, 0.6) is 0 Å². The number of nitrogens with zero attached hydrogens (tertiary/aromatic N) is 5. The summed E-state index contributed by atoms with van der Waals surface area (Å²) in [5, 5.41) is 15.2. The van der Waals surface area contributed by atoms with Crippen LogP contribution in [0.4, 0.5) is 5.95 Å². The van der Waals surface area contributed by atoms with E-state index in [2.05, 4.69) is 20.6 Å². The lowest BCUT2D eigenvalue weighted by atomic mass is 10.4. The first-order chi connectivity index (χ1) is 6.72. The monoisotopic (exact) mass is 192 g/mol. The molecule has 74 valence electrons. The molecule has 0 unspecified atom stereocenters. The van der Waals surface area contributed by atoms with Gasteiger partial charge in [-0.3, -0.25) is 9.25 Å². The van der Waals surface area contributed by atoms with Gasteiger partial charge in [0.1, 0.15) is 5.69 Å². The highest BCUT2D eigenvalue weighted by molar-refractivity contribution is 5.51. The van der Waals surface area contributed by atoms with Gasteiger partial charge in [0, 0.05) is 27.3 Å². The van der Waals surface area contributed by atoms with Crippen molar-refractivity contribution in [3.8, 4) is 11.5 Å². The highest BCUT2D eigenvalue weighted by Gasteiger charge is 2.11. The lowest BCUT2D eigenvalue weighted by molar-refractivity contribution is 0.765. The molecule has 0 fully saturated rings. The number of aryl methyl sites for hydroxylation is 1. The number of hydrogen-bond donors (Lipinski definition) is 1. The van der Waals surface area contributed by atoms with Crippen molar-refractivity contribution >= 4 is 5.95 Å². The standard InChI is InChI=1S/C8H12N6/c1-9-8-11-10-7(14(8)3)6-4-5-13(2)12-6/h4-5H,1-3H3,(H,9,11). The lowest BCUT2D eigenvalue weighted by Crippen LogP contribution is -2.00. The summed E-state index contributed by atoms with van der Waals surface area (Å²) < 4.78 is 3.60. The average molecular weight is 192 g/mol. The molecule has 0 radical (unpaired) electrons. The molecule has 6 heteroatoms. The molecule has 2 rings (SSSR count). The molecule has 0 bridgehead atoms. The van der Waals surface area contributed by atoms with Crippen molar-refractivity contribution in [3.63, 3.8) is 0 Å². The van der Waals surface area contributed by atoms with E-state index >= 15 is 0 Å². The zero-order valence-corrected chi connectivity index (χ0v) is 8.39. The molecule has 2 aromatic rings. The Labute approximate surface area is 81.6 Å². The lowest BCUT2D eigenvalue weighted by Gasteiger charge is -1.99. The van der Waals surface area contributed by atoms with Crippen LogP contribution >= 0.6 is 0 Å². The van der Waals surface area contributed by atoms with Gasteiger partial charge in [-0.2, -0.15) is 5.10 Å². The first kappa shape index (κ1) is 8.74. The third-order valence-corrected chi connectivity index (χ3v) is 2.04. The Morgan fingerprint density at radius 3 is 2.57 bits per heavy atom. The van der Waals surface area contributed by atoms with E-state index in [1.54, 1.807) is 4.68 Å². The second-order valence-corrected chi connectivity index (χ2v) is 3.03. The normalized spacial score (nSPS) is 10.5. The summed E-state index contributed by atoms with van der Waals surface area (Å²) in [6.45, 7) is 0. The van der Waals surface area contributed by atoms with E-state index in [0.29, 0.717) is 0 Å². The van der Waals surface area contributed by atoms with E-state index in [0.717, 1.165) is 17.5 Å². The number of anilines is 1. The maximum Gasteiger partial charge on any atom is 0.224 e. The molecule has 0 aliphatic rings. The summed E-state index contributed by atoms with van der Waals surface area (Å²) in [6, 6.07) is 1.91. The van der Waals surface area contributed by atoms with Gasteiger partial charge in [-0.15, -0.1) is 10.2 Å². The van der Waals surface area contributed by atoms with Gasteiger partial charge in [-0.1, -0.05) is 0 Å². The van der Waals surface area contributed by atoms with E-state index in [4.69, 9.17) is 0 Å². The molecule has 6 nitrogen and oxygen atoms in total. The van der Waals surface area contributed by atoms with Crippen LogP contribution in [0.3, 0.4) is 0 Å². The average Bonchev–Trinajstić information content (AvgIpc) is 2.72. The van der Waals surface area contributed by atoms with Gasteiger partial charge in [0.05, 0.1) is 0 Å². The highest BCUT2D eigenvalue weighted by Crippen LogP contribution is 2.15. The third kappa shape index (κ3) is 1.24. The van der Waals surface area contributed by atoms with Gasteiger partial charge < -0.3 is 5.32 Å². The molecular formula is C8H12N6. The Balaban J connectivity index is 2.46. The van der Waals surface area contributed by atoms with Gasteiger partial charge in [0.25, 0.3) is 0 Å². The fraction of sp³-hybridized carbons (Fsp3) is 0.375. The second-order valence-electron chi connectivity index (χ2n) is 3.03. The van der Waals surface area contributed by atoms with E-state index in [9.17, 15) is 0 Å². The zero-order chi connectivity index (χ0) is 10.1. The Bertz CT molecular complexity index is 440. The maximum atomic E-state index is 4.25. The van der Waals surface area contributed by atoms with Crippen LogP contribution in [0.2, 0.25) is 0 Å². The summed E-state index contributed by atoms with van der Waals surface area (Å²) >= 11 is 0. The molecule has 0 spiro atoms. The van der Waals surface area contributed by atoms with Crippen molar-refractivity contribution in [1.82, 2.24) is 24.5 Å². The minimum atomic E-state index is 0.727. The van der Waals surface area contributed by atoms with Crippen LogP contribution in [0.1, 0.15) is 0 Å². The summed E-state index contributed by atoms with van der Waals surface area (Å²) in [7, 11) is 5.58. The van der Waals surface area contributed by atoms with Crippen molar-refractivity contribution in [2.24, 2.45) is 14.1 Å². The molecule has 2 aromatic heterocycles. The number of nitrogens with one attached hydrogen (secondary N) is 1. The van der Waals surface area contributed by atoms with Gasteiger partial charge in [-0.05, 0) is 6.07 Å². The molecule has 0 saturated heterocycles. The van der Waals surface area contributed by atoms with E-state index < -0.39 is 0 Å². The third-order valence-electron chi connectivity index (χ3n) is 2.04. The molecule has 0 aromatic carbocycles. The predicted octanol–water partition coefficient (Wildman–Crippen LogP) is 0.257. The molecular weight excluding hydrogens is 180 g/mol. The second kappa shape index (κ2) is 3.13. The first-order valence-corrected chi connectivity index (χ1v) is 4.29. The maximum absolute atomic E-state index is 4.25. The summed E-state index contributed by atoms with van der Waals surface area (Å²) in [5.74, 6) is 1.49. The summed E-state index contributed by atoms with van der Waals surface area (Å²) in [6.07, 6.45) is 1.88. The van der Waals surface area contributed by atoms with Gasteiger partial charge >= 0.3 is 0 Å². The van der Waals surface area contributed by atoms with Crippen LogP contribution in [-0.4, -0.2) is 31.6 Å². The van der Waals surface area contributed by atoms with Crippen molar-refractivity contribution < 1.29 is 0 Å². The SMILES string of the molecule is CNc1nnc(-c2ccn(C)n2)n1C. The Morgan fingerprint density at radius 2 is 2.07 bits per heavy atom. The van der Waals surface area contributed by atoms with Crippen LogP contribution < -0.4 is 5.32 Å². The van der Waals surface area contributed by atoms with Gasteiger partial charge in [0.2, 0.25) is 5.95 Å². The molecule has 0 saturated carbocycles. The van der Waals surface area contributed by atoms with Gasteiger partial charge in [-0.25, -0.2) is 0 Å². The number of rotatable bonds is 2. The molecule has 2 heterocycles. The molecule has 1 N–H and O–H groups in total. The minimum Gasteiger partial charge on any atom is -0.357 e. The molecule has 0 aliphatic carbocycles. The van der Waals surface area contributed by atoms with E-state index in [1.807, 2.05) is 38.0 Å². The van der Waals surface area contributed by atoms with Crippen LogP contribution in [0.25, 0.3) is 11.5 Å². The topological polar surface area (TPSA) is 60.6 Å². The van der Waals surface area contributed by atoms with Crippen LogP contribution in [0.15, 0.2) is 12.3 Å². The Morgan fingerprint density at radius 1 is 1.29 bits per heavy atom. The molecule has 0 aliphatic heterocycles. The van der Waals surface area contributed by atoms with Crippen molar-refractivity contribution in [3.05, 3.63) is 12.3 Å². The largest absolute Gasteiger partial charge is 0.357 e. The number of hydrogen-bond acceptors (Lipinski definition) is 4. The molecule has 14 heavy (non-hydrogen) atoms. The number of aromatic nitrogens is 5. The Hall–Kier alpha value is -1.85. The van der Waals surface area contributed by atoms with Crippen LogP contribution in [-0.2, 0) is 14.1 Å². The Kier molecular flexibility index (Phi) is 1.95. The van der Waals surface area contributed by atoms with E-state index in [-0.39, 0.29) is 0 Å². The zero-order valence-electron chi connectivity index (χ0n) is 8.39. The predicted molar refractivity (Wildman–Crippen MR) is 52.8 cm³/mol. The highest BCUT2D eigenvalue weighted by atomic mass is 15.4. The molecule has 0 amide bonds. The summed E-state index contributed by atoms with van der Waals surface area (Å²) in [5.41, 5.74) is 0.823. The van der Waals surface area contributed by atoms with Crippen molar-refractivity contribution in [2.45, 2.75) is 0 Å². The van der Waals surface area contributed by atoms with Crippen molar-refractivity contribution in [2.75, 3.05) is 12.4 Å². The fourth-order valence-corrected chi connectivity index (χ4v) is 1.30. The minimum absolute atomic E-state index is 0.727. The quantitative estimate of drug-likeness (QED) is 0.741. The van der Waals surface area contributed by atoms with Crippen LogP contribution in [0, 0.1) is 0 Å². The smallest absolute Gasteiger partial charge is 0.224 e. The van der Waals surface area contributed by atoms with E-state index in [1.165, 1.54) is 0 Å². The first-order valence-electron chi connectivity index (χ1n) is 4.29. The molecule has 0 atom stereocenters. The van der Waals surface area contributed by atoms with Crippen molar-refractivity contribution in [1.29, 1.82) is 0 Å². The summed E-state index contributed by atoms with van der Waals surface area (Å²) in [4.78, 5) is 0. The van der Waals surface area contributed by atoms with Gasteiger partial charge in [0.15, 0.2) is 5.82 Å². The fourth-order valence-electron chi connectivity index (χ4n) is 1.30.